The van der Waals surface area contributed by atoms with Crippen LogP contribution in [0.4, 0.5) is 0 Å². The van der Waals surface area contributed by atoms with Gasteiger partial charge in [0.05, 0.1) is 6.61 Å². The molecule has 3 rings (SSSR count). The van der Waals surface area contributed by atoms with E-state index >= 15 is 0 Å². The van der Waals surface area contributed by atoms with Crippen LogP contribution in [0.3, 0.4) is 0 Å². The predicted molar refractivity (Wildman–Crippen MR) is 78.9 cm³/mol. The van der Waals surface area contributed by atoms with Gasteiger partial charge in [0.2, 0.25) is 0 Å². The highest BCUT2D eigenvalue weighted by Crippen LogP contribution is 2.39. The van der Waals surface area contributed by atoms with Crippen LogP contribution in [0.15, 0.2) is 42.5 Å². The number of hydrogen-bond acceptors (Lipinski definition) is 5. The Morgan fingerprint density at radius 1 is 1.23 bits per heavy atom. The van der Waals surface area contributed by atoms with Crippen molar-refractivity contribution in [3.63, 3.8) is 0 Å². The predicted octanol–water partition coefficient (Wildman–Crippen LogP) is 2.20. The lowest BCUT2D eigenvalue weighted by Crippen LogP contribution is -2.36. The van der Waals surface area contributed by atoms with Gasteiger partial charge in [-0.2, -0.15) is 0 Å². The Morgan fingerprint density at radius 3 is 2.73 bits per heavy atom. The van der Waals surface area contributed by atoms with Crippen LogP contribution in [0, 0.1) is 0 Å². The quantitative estimate of drug-likeness (QED) is 0.616. The van der Waals surface area contributed by atoms with E-state index in [-0.39, 0.29) is 18.3 Å². The van der Waals surface area contributed by atoms with Gasteiger partial charge < -0.3 is 18.9 Å². The third-order valence-corrected chi connectivity index (χ3v) is 3.69. The fraction of sp³-hybridized carbons (Fsp3) is 0.471. The molecule has 5 heteroatoms. The van der Waals surface area contributed by atoms with Crippen LogP contribution in [-0.2, 0) is 30.3 Å². The van der Waals surface area contributed by atoms with Crippen molar-refractivity contribution in [1.29, 1.82) is 0 Å². The van der Waals surface area contributed by atoms with Gasteiger partial charge in [0.15, 0.2) is 12.1 Å². The molecule has 118 valence electrons. The van der Waals surface area contributed by atoms with Crippen molar-refractivity contribution >= 4 is 6.29 Å². The van der Waals surface area contributed by atoms with Crippen LogP contribution in [-0.4, -0.2) is 36.7 Å². The van der Waals surface area contributed by atoms with Gasteiger partial charge in [-0.1, -0.05) is 30.3 Å². The summed E-state index contributed by atoms with van der Waals surface area (Å²) in [5.41, 5.74) is 1.07. The molecule has 0 aromatic heterocycles. The molecule has 0 N–H and O–H groups in total. The van der Waals surface area contributed by atoms with Gasteiger partial charge in [-0.25, -0.2) is 0 Å². The maximum Gasteiger partial charge on any atom is 0.190 e. The van der Waals surface area contributed by atoms with E-state index in [4.69, 9.17) is 18.9 Å². The zero-order valence-corrected chi connectivity index (χ0v) is 12.7. The standard InChI is InChI=1S/C17H20O5/c1-17(2)21-15-14(19-11-12-7-4-3-5-8-12)13(9-6-10-18)20-16(15)22-17/h3-10,13-16H,11H2,1-2H3/b9-6+/t13?,14-,15+,16+/m0/s1. The molecule has 0 aliphatic carbocycles. The van der Waals surface area contributed by atoms with Gasteiger partial charge in [0, 0.05) is 0 Å². The average molecular weight is 304 g/mol. The molecule has 1 aromatic rings. The Hall–Kier alpha value is -1.53. The van der Waals surface area contributed by atoms with Crippen LogP contribution < -0.4 is 0 Å². The van der Waals surface area contributed by atoms with E-state index in [1.807, 2.05) is 44.2 Å². The normalized spacial score (nSPS) is 33.2. The fourth-order valence-electron chi connectivity index (χ4n) is 2.77. The van der Waals surface area contributed by atoms with Gasteiger partial charge >= 0.3 is 0 Å². The lowest BCUT2D eigenvalue weighted by Gasteiger charge is -2.24. The molecule has 22 heavy (non-hydrogen) atoms. The number of carbonyl (C=O) groups is 1. The molecular formula is C17H20O5. The van der Waals surface area contributed by atoms with E-state index in [1.165, 1.54) is 6.08 Å². The molecule has 2 saturated heterocycles. The van der Waals surface area contributed by atoms with Gasteiger partial charge in [-0.15, -0.1) is 0 Å². The monoisotopic (exact) mass is 304 g/mol. The van der Waals surface area contributed by atoms with Crippen molar-refractivity contribution in [3.05, 3.63) is 48.0 Å². The van der Waals surface area contributed by atoms with Crippen LogP contribution in [0.5, 0.6) is 0 Å². The van der Waals surface area contributed by atoms with Gasteiger partial charge in [-0.3, -0.25) is 4.79 Å². The first-order valence-electron chi connectivity index (χ1n) is 7.38. The van der Waals surface area contributed by atoms with Crippen LogP contribution in [0.2, 0.25) is 0 Å². The molecule has 1 aromatic carbocycles. The van der Waals surface area contributed by atoms with E-state index in [0.717, 1.165) is 11.8 Å². The van der Waals surface area contributed by atoms with Crippen molar-refractivity contribution in [1.82, 2.24) is 0 Å². The lowest BCUT2D eigenvalue weighted by molar-refractivity contribution is -0.213. The Morgan fingerprint density at radius 2 is 2.00 bits per heavy atom. The Balaban J connectivity index is 1.71. The lowest BCUT2D eigenvalue weighted by atomic mass is 10.1. The maximum absolute atomic E-state index is 10.6. The Bertz CT molecular complexity index is 539. The summed E-state index contributed by atoms with van der Waals surface area (Å²) in [6.45, 7) is 4.14. The van der Waals surface area contributed by atoms with E-state index in [0.29, 0.717) is 6.61 Å². The first-order valence-corrected chi connectivity index (χ1v) is 7.38. The van der Waals surface area contributed by atoms with Crippen molar-refractivity contribution < 1.29 is 23.7 Å². The van der Waals surface area contributed by atoms with Crippen molar-refractivity contribution in [2.45, 2.75) is 50.8 Å². The zero-order valence-electron chi connectivity index (χ0n) is 12.7. The number of rotatable bonds is 5. The maximum atomic E-state index is 10.6. The number of carbonyl (C=O) groups excluding carboxylic acids is 1. The molecule has 2 fully saturated rings. The second-order valence-corrected chi connectivity index (χ2v) is 5.85. The van der Waals surface area contributed by atoms with Crippen molar-refractivity contribution in [3.8, 4) is 0 Å². The molecule has 0 spiro atoms. The Labute approximate surface area is 129 Å². The minimum absolute atomic E-state index is 0.306. The second kappa shape index (κ2) is 6.30. The van der Waals surface area contributed by atoms with E-state index < -0.39 is 12.1 Å². The second-order valence-electron chi connectivity index (χ2n) is 5.85. The Kier molecular flexibility index (Phi) is 4.40. The van der Waals surface area contributed by atoms with Gasteiger partial charge in [0.1, 0.15) is 24.6 Å². The SMILES string of the molecule is CC1(C)O[C@H]2OC(/C=C/C=O)[C@H](OCc3ccccc3)[C@H]2O1. The summed E-state index contributed by atoms with van der Waals surface area (Å²) in [6.07, 6.45) is 2.36. The van der Waals surface area contributed by atoms with Crippen molar-refractivity contribution in [2.24, 2.45) is 0 Å². The molecule has 2 heterocycles. The smallest absolute Gasteiger partial charge is 0.190 e. The molecule has 5 nitrogen and oxygen atoms in total. The highest BCUT2D eigenvalue weighted by atomic mass is 16.8. The number of hydrogen-bond donors (Lipinski definition) is 0. The van der Waals surface area contributed by atoms with Gasteiger partial charge in [0.25, 0.3) is 0 Å². The zero-order chi connectivity index (χ0) is 15.6. The molecule has 1 unspecified atom stereocenters. The molecule has 0 saturated carbocycles. The number of fused-ring (bicyclic) bond motifs is 1. The number of allylic oxidation sites excluding steroid dienone is 1. The number of aldehydes is 1. The molecular weight excluding hydrogens is 284 g/mol. The molecule has 0 bridgehead atoms. The highest BCUT2D eigenvalue weighted by molar-refractivity contribution is 5.64. The number of benzene rings is 1. The fourth-order valence-corrected chi connectivity index (χ4v) is 2.77. The summed E-state index contributed by atoms with van der Waals surface area (Å²) in [5.74, 6) is -0.691. The molecule has 0 radical (unpaired) electrons. The summed E-state index contributed by atoms with van der Waals surface area (Å²) in [4.78, 5) is 10.6. The molecule has 0 amide bonds. The third kappa shape index (κ3) is 3.28. The molecule has 2 aliphatic heterocycles. The first-order chi connectivity index (χ1) is 10.6. The molecule has 2 aliphatic rings. The first kappa shape index (κ1) is 15.4. The summed E-state index contributed by atoms with van der Waals surface area (Å²) in [6, 6.07) is 9.90. The average Bonchev–Trinajstić information content (AvgIpc) is 2.95. The summed E-state index contributed by atoms with van der Waals surface area (Å²) >= 11 is 0. The number of ether oxygens (including phenoxy) is 4. The highest BCUT2D eigenvalue weighted by Gasteiger charge is 2.54. The summed E-state index contributed by atoms with van der Waals surface area (Å²) < 4.78 is 23.4. The van der Waals surface area contributed by atoms with Crippen LogP contribution in [0.25, 0.3) is 0 Å². The van der Waals surface area contributed by atoms with Gasteiger partial charge in [-0.05, 0) is 31.6 Å². The van der Waals surface area contributed by atoms with Crippen LogP contribution in [0.1, 0.15) is 19.4 Å². The largest absolute Gasteiger partial charge is 0.368 e. The van der Waals surface area contributed by atoms with Crippen LogP contribution >= 0.6 is 0 Å². The summed E-state index contributed by atoms with van der Waals surface area (Å²) in [7, 11) is 0. The van der Waals surface area contributed by atoms with Crippen molar-refractivity contribution in [2.75, 3.05) is 0 Å². The minimum atomic E-state index is -0.691. The molecule has 4 atom stereocenters. The third-order valence-electron chi connectivity index (χ3n) is 3.69. The van der Waals surface area contributed by atoms with E-state index in [1.54, 1.807) is 6.08 Å². The minimum Gasteiger partial charge on any atom is -0.368 e. The van der Waals surface area contributed by atoms with E-state index in [9.17, 15) is 4.79 Å². The van der Waals surface area contributed by atoms with E-state index in [2.05, 4.69) is 0 Å². The topological polar surface area (TPSA) is 54.0 Å². The summed E-state index contributed by atoms with van der Waals surface area (Å²) in [5, 5.41) is 0.